The molecule has 3 atom stereocenters. The van der Waals surface area contributed by atoms with E-state index >= 15 is 0 Å². The molecule has 0 aromatic carbocycles. The second-order valence-corrected chi connectivity index (χ2v) is 9.85. The van der Waals surface area contributed by atoms with Crippen molar-refractivity contribution in [2.24, 2.45) is 0 Å². The van der Waals surface area contributed by atoms with Crippen LogP contribution in [0.1, 0.15) is 83.9 Å². The van der Waals surface area contributed by atoms with E-state index < -0.39 is 6.10 Å². The Morgan fingerprint density at radius 2 is 1.92 bits per heavy atom. The number of nitrogens with one attached hydrogen (secondary N) is 1. The minimum absolute atomic E-state index is 0.0157. The normalized spacial score (nSPS) is 21.9. The van der Waals surface area contributed by atoms with Crippen LogP contribution < -0.4 is 5.73 Å². The highest BCUT2D eigenvalue weighted by molar-refractivity contribution is 6.00. The number of aliphatic hydroxyl groups is 1. The van der Waals surface area contributed by atoms with E-state index in [0.717, 1.165) is 24.0 Å². The standard InChI is InChI=1S/C25H27N9O3/c1-12(35)19-6-3-14(9-27-19)18-10-30-34-22(26)20(13(2)36)21(31-24(18)34)15-7-16-4-5-17(8-15)33(16)25(37)23-28-11-29-32-23/h3,6,9-12,15-17,35H,4-5,7-8,26H2,1-2H3,(H,28,29,32). The van der Waals surface area contributed by atoms with Gasteiger partial charge >= 0.3 is 0 Å². The van der Waals surface area contributed by atoms with E-state index in [0.29, 0.717) is 35.4 Å². The Balaban J connectivity index is 1.40. The molecule has 4 aromatic rings. The van der Waals surface area contributed by atoms with Crippen molar-refractivity contribution in [1.29, 1.82) is 0 Å². The summed E-state index contributed by atoms with van der Waals surface area (Å²) in [4.78, 5) is 41.1. The number of nitrogens with zero attached hydrogens (tertiary/aromatic N) is 7. The molecule has 12 heteroatoms. The van der Waals surface area contributed by atoms with Gasteiger partial charge in [-0.05, 0) is 45.6 Å². The second kappa shape index (κ2) is 8.73. The molecule has 6 rings (SSSR count). The summed E-state index contributed by atoms with van der Waals surface area (Å²) in [6, 6.07) is 3.65. The number of hydrogen-bond donors (Lipinski definition) is 3. The number of aromatic amines is 1. The lowest BCUT2D eigenvalue weighted by Crippen LogP contribution is -2.46. The molecular formula is C25H27N9O3. The summed E-state index contributed by atoms with van der Waals surface area (Å²) in [6.45, 7) is 3.15. The largest absolute Gasteiger partial charge is 0.387 e. The van der Waals surface area contributed by atoms with Crippen LogP contribution in [0.2, 0.25) is 0 Å². The molecule has 4 aromatic heterocycles. The number of aromatic nitrogens is 7. The molecule has 12 nitrogen and oxygen atoms in total. The fourth-order valence-corrected chi connectivity index (χ4v) is 5.87. The number of nitrogen functional groups attached to an aromatic ring is 1. The summed E-state index contributed by atoms with van der Waals surface area (Å²) in [5.74, 6) is 0.127. The molecule has 0 spiro atoms. The van der Waals surface area contributed by atoms with E-state index in [1.54, 1.807) is 25.4 Å². The first kappa shape index (κ1) is 23.2. The molecule has 2 aliphatic rings. The summed E-state index contributed by atoms with van der Waals surface area (Å²) >= 11 is 0. The smallest absolute Gasteiger partial charge is 0.291 e. The summed E-state index contributed by atoms with van der Waals surface area (Å²) in [5, 5.41) is 20.7. The molecule has 3 unspecified atom stereocenters. The van der Waals surface area contributed by atoms with Gasteiger partial charge in [0.05, 0.1) is 29.3 Å². The van der Waals surface area contributed by atoms with Gasteiger partial charge in [0.2, 0.25) is 5.82 Å². The first-order valence-electron chi connectivity index (χ1n) is 12.3. The van der Waals surface area contributed by atoms with Crippen LogP contribution in [-0.4, -0.2) is 68.5 Å². The highest BCUT2D eigenvalue weighted by atomic mass is 16.3. The second-order valence-electron chi connectivity index (χ2n) is 9.85. The van der Waals surface area contributed by atoms with Gasteiger partial charge in [-0.25, -0.2) is 9.97 Å². The number of rotatable bonds is 5. The van der Waals surface area contributed by atoms with Crippen molar-refractivity contribution in [3.63, 3.8) is 0 Å². The number of aliphatic hydroxyl groups excluding tert-OH is 1. The molecule has 37 heavy (non-hydrogen) atoms. The van der Waals surface area contributed by atoms with E-state index in [1.165, 1.54) is 17.8 Å². The minimum Gasteiger partial charge on any atom is -0.387 e. The van der Waals surface area contributed by atoms with Crippen LogP contribution in [0.5, 0.6) is 0 Å². The van der Waals surface area contributed by atoms with Crippen LogP contribution in [0.25, 0.3) is 16.8 Å². The number of nitrogens with two attached hydrogens (primary N) is 1. The van der Waals surface area contributed by atoms with Crippen molar-refractivity contribution < 1.29 is 14.7 Å². The molecule has 1 amide bonds. The van der Waals surface area contributed by atoms with Crippen molar-refractivity contribution in [3.05, 3.63) is 53.6 Å². The van der Waals surface area contributed by atoms with Gasteiger partial charge in [-0.3, -0.25) is 19.7 Å². The van der Waals surface area contributed by atoms with Gasteiger partial charge in [0.25, 0.3) is 5.91 Å². The quantitative estimate of drug-likeness (QED) is 0.347. The summed E-state index contributed by atoms with van der Waals surface area (Å²) in [5.41, 5.74) is 10.2. The number of pyridine rings is 1. The third-order valence-corrected chi connectivity index (χ3v) is 7.56. The van der Waals surface area contributed by atoms with Crippen LogP contribution in [0.15, 0.2) is 30.9 Å². The van der Waals surface area contributed by atoms with Crippen LogP contribution in [0.4, 0.5) is 5.82 Å². The number of fused-ring (bicyclic) bond motifs is 3. The molecule has 2 bridgehead atoms. The van der Waals surface area contributed by atoms with Gasteiger partial charge in [-0.1, -0.05) is 6.07 Å². The van der Waals surface area contributed by atoms with Crippen LogP contribution >= 0.6 is 0 Å². The molecule has 2 aliphatic heterocycles. The molecule has 2 saturated heterocycles. The Bertz CT molecular complexity index is 1480. The van der Waals surface area contributed by atoms with E-state index in [-0.39, 0.29) is 41.3 Å². The molecular weight excluding hydrogens is 474 g/mol. The molecule has 6 heterocycles. The zero-order chi connectivity index (χ0) is 25.8. The van der Waals surface area contributed by atoms with Crippen LogP contribution in [0.3, 0.4) is 0 Å². The number of piperidine rings is 1. The molecule has 0 aliphatic carbocycles. The number of ketones is 1. The van der Waals surface area contributed by atoms with Crippen molar-refractivity contribution in [3.8, 4) is 11.1 Å². The number of carbonyl (C=O) groups is 2. The highest BCUT2D eigenvalue weighted by Gasteiger charge is 2.45. The predicted molar refractivity (Wildman–Crippen MR) is 133 cm³/mol. The molecule has 0 radical (unpaired) electrons. The first-order chi connectivity index (χ1) is 17.8. The van der Waals surface area contributed by atoms with Crippen LogP contribution in [0, 0.1) is 0 Å². The Morgan fingerprint density at radius 3 is 2.51 bits per heavy atom. The van der Waals surface area contributed by atoms with E-state index in [1.807, 2.05) is 11.0 Å². The maximum Gasteiger partial charge on any atom is 0.291 e. The average Bonchev–Trinajstić information content (AvgIpc) is 3.62. The Morgan fingerprint density at radius 1 is 1.16 bits per heavy atom. The fraction of sp³-hybridized carbons (Fsp3) is 0.400. The molecule has 190 valence electrons. The topological polar surface area (TPSA) is 168 Å². The number of anilines is 1. The van der Waals surface area contributed by atoms with Gasteiger partial charge in [0.15, 0.2) is 11.4 Å². The summed E-state index contributed by atoms with van der Waals surface area (Å²) < 4.78 is 1.50. The lowest BCUT2D eigenvalue weighted by Gasteiger charge is -2.38. The zero-order valence-electron chi connectivity index (χ0n) is 20.5. The van der Waals surface area contributed by atoms with E-state index in [9.17, 15) is 14.7 Å². The van der Waals surface area contributed by atoms with Crippen molar-refractivity contribution in [1.82, 2.24) is 39.7 Å². The van der Waals surface area contributed by atoms with E-state index in [2.05, 4.69) is 25.3 Å². The lowest BCUT2D eigenvalue weighted by atomic mass is 9.85. The minimum atomic E-state index is -0.673. The monoisotopic (exact) mass is 501 g/mol. The summed E-state index contributed by atoms with van der Waals surface area (Å²) in [6.07, 6.45) is 7.10. The Labute approximate surface area is 211 Å². The van der Waals surface area contributed by atoms with Crippen LogP contribution in [-0.2, 0) is 0 Å². The lowest BCUT2D eigenvalue weighted by molar-refractivity contribution is 0.0556. The maximum atomic E-state index is 13.1. The highest BCUT2D eigenvalue weighted by Crippen LogP contribution is 2.45. The van der Waals surface area contributed by atoms with Gasteiger partial charge in [0, 0.05) is 35.3 Å². The summed E-state index contributed by atoms with van der Waals surface area (Å²) in [7, 11) is 0. The molecule has 2 fully saturated rings. The van der Waals surface area contributed by atoms with Gasteiger partial charge in [0.1, 0.15) is 12.1 Å². The number of hydrogen-bond acceptors (Lipinski definition) is 9. The van der Waals surface area contributed by atoms with Crippen molar-refractivity contribution in [2.45, 2.75) is 63.6 Å². The number of carbonyl (C=O) groups excluding carboxylic acids is 2. The third kappa shape index (κ3) is 3.75. The zero-order valence-corrected chi connectivity index (χ0v) is 20.5. The first-order valence-corrected chi connectivity index (χ1v) is 12.3. The van der Waals surface area contributed by atoms with Crippen molar-refractivity contribution in [2.75, 3.05) is 5.73 Å². The Kier molecular flexibility index (Phi) is 5.48. The number of Topliss-reactive ketones (excluding diaryl/α,β-unsaturated/α-hetero) is 1. The fourth-order valence-electron chi connectivity index (χ4n) is 5.87. The van der Waals surface area contributed by atoms with Gasteiger partial charge in [-0.15, -0.1) is 0 Å². The van der Waals surface area contributed by atoms with Gasteiger partial charge in [-0.2, -0.15) is 14.7 Å². The average molecular weight is 502 g/mol. The van der Waals surface area contributed by atoms with Gasteiger partial charge < -0.3 is 15.7 Å². The molecule has 0 saturated carbocycles. The Hall–Kier alpha value is -4.19. The SMILES string of the molecule is CC(=O)c1c(C2CC3CCC(C2)N3C(=O)c2ncn[nH]2)nc2c(-c3ccc(C(C)O)nc3)cnn2c1N. The predicted octanol–water partition coefficient (Wildman–Crippen LogP) is 2.30. The third-order valence-electron chi connectivity index (χ3n) is 7.56. The number of amides is 1. The van der Waals surface area contributed by atoms with Crippen molar-refractivity contribution >= 4 is 23.2 Å². The van der Waals surface area contributed by atoms with E-state index in [4.69, 9.17) is 10.7 Å². The molecule has 4 N–H and O–H groups in total. The number of H-pyrrole nitrogens is 1. The maximum absolute atomic E-state index is 13.1.